The van der Waals surface area contributed by atoms with E-state index in [1.165, 1.54) is 0 Å². The van der Waals surface area contributed by atoms with Crippen LogP contribution in [0.5, 0.6) is 0 Å². The minimum atomic E-state index is 0.556. The van der Waals surface area contributed by atoms with E-state index in [4.69, 9.17) is 5.73 Å². The van der Waals surface area contributed by atoms with Crippen LogP contribution in [0.15, 0.2) is 60.7 Å². The number of hydrogen-bond acceptors (Lipinski definition) is 2. The highest BCUT2D eigenvalue weighted by molar-refractivity contribution is 5.94. The molecule has 0 fully saturated rings. The molecule has 17 heavy (non-hydrogen) atoms. The molecule has 3 rings (SSSR count). The SMILES string of the molecule is Nc1ccc2cccc(-c3ccccc3)c2n1. The first-order chi connectivity index (χ1) is 8.34. The predicted octanol–water partition coefficient (Wildman–Crippen LogP) is 3.48. The van der Waals surface area contributed by atoms with Crippen molar-refractivity contribution in [1.29, 1.82) is 0 Å². The van der Waals surface area contributed by atoms with Crippen molar-refractivity contribution in [3.05, 3.63) is 60.7 Å². The van der Waals surface area contributed by atoms with E-state index in [9.17, 15) is 0 Å². The van der Waals surface area contributed by atoms with E-state index in [1.807, 2.05) is 42.5 Å². The summed E-state index contributed by atoms with van der Waals surface area (Å²) in [7, 11) is 0. The van der Waals surface area contributed by atoms with Gasteiger partial charge < -0.3 is 5.73 Å². The zero-order valence-electron chi connectivity index (χ0n) is 9.30. The summed E-state index contributed by atoms with van der Waals surface area (Å²) in [5, 5.41) is 1.11. The minimum Gasteiger partial charge on any atom is -0.384 e. The Morgan fingerprint density at radius 1 is 0.765 bits per heavy atom. The molecule has 0 spiro atoms. The molecular weight excluding hydrogens is 208 g/mol. The van der Waals surface area contributed by atoms with E-state index < -0.39 is 0 Å². The van der Waals surface area contributed by atoms with Gasteiger partial charge in [0.15, 0.2) is 0 Å². The van der Waals surface area contributed by atoms with Gasteiger partial charge in [-0.25, -0.2) is 4.98 Å². The van der Waals surface area contributed by atoms with E-state index in [0.717, 1.165) is 22.0 Å². The van der Waals surface area contributed by atoms with Gasteiger partial charge in [-0.15, -0.1) is 0 Å². The summed E-state index contributed by atoms with van der Waals surface area (Å²) in [6.45, 7) is 0. The molecule has 3 aromatic rings. The van der Waals surface area contributed by atoms with E-state index >= 15 is 0 Å². The predicted molar refractivity (Wildman–Crippen MR) is 71.6 cm³/mol. The van der Waals surface area contributed by atoms with Gasteiger partial charge in [0.1, 0.15) is 5.82 Å². The molecule has 2 heteroatoms. The molecule has 82 valence electrons. The summed E-state index contributed by atoms with van der Waals surface area (Å²) < 4.78 is 0. The molecule has 0 aliphatic heterocycles. The number of nitrogen functional groups attached to an aromatic ring is 1. The number of para-hydroxylation sites is 1. The normalized spacial score (nSPS) is 10.6. The fraction of sp³-hybridized carbons (Fsp3) is 0. The van der Waals surface area contributed by atoms with Crippen LogP contribution in [0, 0.1) is 0 Å². The third kappa shape index (κ3) is 1.74. The van der Waals surface area contributed by atoms with Crippen molar-refractivity contribution < 1.29 is 0 Å². The summed E-state index contributed by atoms with van der Waals surface area (Å²) >= 11 is 0. The molecule has 0 amide bonds. The van der Waals surface area contributed by atoms with Gasteiger partial charge in [0.25, 0.3) is 0 Å². The van der Waals surface area contributed by atoms with Crippen molar-refractivity contribution in [2.75, 3.05) is 5.73 Å². The minimum absolute atomic E-state index is 0.556. The number of benzene rings is 2. The van der Waals surface area contributed by atoms with Gasteiger partial charge in [0.2, 0.25) is 0 Å². The molecule has 0 saturated carbocycles. The first-order valence-electron chi connectivity index (χ1n) is 5.55. The van der Waals surface area contributed by atoms with Crippen molar-refractivity contribution in [2.45, 2.75) is 0 Å². The fourth-order valence-corrected chi connectivity index (χ4v) is 2.01. The Hall–Kier alpha value is -2.35. The maximum absolute atomic E-state index is 5.76. The average Bonchev–Trinajstić information content (AvgIpc) is 2.39. The molecular formula is C15H12N2. The van der Waals surface area contributed by atoms with Crippen LogP contribution in [0.2, 0.25) is 0 Å². The van der Waals surface area contributed by atoms with Crippen molar-refractivity contribution in [3.63, 3.8) is 0 Å². The molecule has 2 aromatic carbocycles. The Balaban J connectivity index is 2.33. The third-order valence-electron chi connectivity index (χ3n) is 2.83. The number of hydrogen-bond donors (Lipinski definition) is 1. The van der Waals surface area contributed by atoms with Crippen molar-refractivity contribution in [2.24, 2.45) is 0 Å². The fourth-order valence-electron chi connectivity index (χ4n) is 2.01. The van der Waals surface area contributed by atoms with Gasteiger partial charge >= 0.3 is 0 Å². The van der Waals surface area contributed by atoms with Crippen LogP contribution in [0.25, 0.3) is 22.0 Å². The summed E-state index contributed by atoms with van der Waals surface area (Å²) in [5.41, 5.74) is 9.00. The topological polar surface area (TPSA) is 38.9 Å². The molecule has 0 aliphatic carbocycles. The van der Waals surface area contributed by atoms with Crippen LogP contribution in [0.3, 0.4) is 0 Å². The van der Waals surface area contributed by atoms with Crippen LogP contribution in [0.4, 0.5) is 5.82 Å². The highest BCUT2D eigenvalue weighted by Gasteiger charge is 2.04. The van der Waals surface area contributed by atoms with Crippen LogP contribution in [-0.2, 0) is 0 Å². The van der Waals surface area contributed by atoms with Crippen LogP contribution in [0.1, 0.15) is 0 Å². The first-order valence-corrected chi connectivity index (χ1v) is 5.55. The molecule has 0 radical (unpaired) electrons. The quantitative estimate of drug-likeness (QED) is 0.681. The monoisotopic (exact) mass is 220 g/mol. The van der Waals surface area contributed by atoms with Crippen LogP contribution >= 0.6 is 0 Å². The number of pyridine rings is 1. The number of nitrogens with two attached hydrogens (primary N) is 1. The molecule has 1 heterocycles. The first kappa shape index (κ1) is 9.85. The highest BCUT2D eigenvalue weighted by atomic mass is 14.8. The van der Waals surface area contributed by atoms with E-state index in [-0.39, 0.29) is 0 Å². The van der Waals surface area contributed by atoms with Crippen molar-refractivity contribution in [3.8, 4) is 11.1 Å². The third-order valence-corrected chi connectivity index (χ3v) is 2.83. The van der Waals surface area contributed by atoms with Gasteiger partial charge in [-0.2, -0.15) is 0 Å². The zero-order chi connectivity index (χ0) is 11.7. The second-order valence-corrected chi connectivity index (χ2v) is 3.98. The largest absolute Gasteiger partial charge is 0.384 e. The standard InChI is InChI=1S/C15H12N2/c16-14-10-9-12-7-4-8-13(15(12)17-14)11-5-2-1-3-6-11/h1-10H,(H2,16,17). The van der Waals surface area contributed by atoms with Crippen LogP contribution in [-0.4, -0.2) is 4.98 Å². The van der Waals surface area contributed by atoms with Gasteiger partial charge in [-0.05, 0) is 17.7 Å². The molecule has 0 aliphatic rings. The highest BCUT2D eigenvalue weighted by Crippen LogP contribution is 2.27. The Bertz CT molecular complexity index is 660. The van der Waals surface area contributed by atoms with Gasteiger partial charge in [-0.1, -0.05) is 48.5 Å². The van der Waals surface area contributed by atoms with Gasteiger partial charge in [0.05, 0.1) is 5.52 Å². The van der Waals surface area contributed by atoms with Crippen LogP contribution < -0.4 is 5.73 Å². The number of aromatic nitrogens is 1. The summed E-state index contributed by atoms with van der Waals surface area (Å²) in [6, 6.07) is 20.2. The van der Waals surface area contributed by atoms with Gasteiger partial charge in [-0.3, -0.25) is 0 Å². The number of anilines is 1. The molecule has 0 saturated heterocycles. The lowest BCUT2D eigenvalue weighted by molar-refractivity contribution is 1.41. The second-order valence-electron chi connectivity index (χ2n) is 3.98. The lowest BCUT2D eigenvalue weighted by Crippen LogP contribution is -1.91. The number of fused-ring (bicyclic) bond motifs is 1. The molecule has 0 bridgehead atoms. The second kappa shape index (κ2) is 3.91. The van der Waals surface area contributed by atoms with Crippen molar-refractivity contribution in [1.82, 2.24) is 4.98 Å². The van der Waals surface area contributed by atoms with E-state index in [1.54, 1.807) is 0 Å². The van der Waals surface area contributed by atoms with Gasteiger partial charge in [0, 0.05) is 10.9 Å². The Morgan fingerprint density at radius 2 is 1.59 bits per heavy atom. The zero-order valence-corrected chi connectivity index (χ0v) is 9.30. The Kier molecular flexibility index (Phi) is 2.26. The van der Waals surface area contributed by atoms with E-state index in [2.05, 4.69) is 23.2 Å². The van der Waals surface area contributed by atoms with E-state index in [0.29, 0.717) is 5.82 Å². The Morgan fingerprint density at radius 3 is 2.41 bits per heavy atom. The summed E-state index contributed by atoms with van der Waals surface area (Å²) in [6.07, 6.45) is 0. The maximum Gasteiger partial charge on any atom is 0.124 e. The lowest BCUT2D eigenvalue weighted by Gasteiger charge is -2.06. The molecule has 2 N–H and O–H groups in total. The molecule has 2 nitrogen and oxygen atoms in total. The smallest absolute Gasteiger partial charge is 0.124 e. The summed E-state index contributed by atoms with van der Waals surface area (Å²) in [4.78, 5) is 4.43. The number of rotatable bonds is 1. The number of nitrogens with zero attached hydrogens (tertiary/aromatic N) is 1. The maximum atomic E-state index is 5.76. The average molecular weight is 220 g/mol. The molecule has 0 unspecified atom stereocenters. The Labute approximate surface area is 99.7 Å². The van der Waals surface area contributed by atoms with Crippen molar-refractivity contribution >= 4 is 16.7 Å². The lowest BCUT2D eigenvalue weighted by atomic mass is 10.0. The summed E-state index contributed by atoms with van der Waals surface area (Å²) in [5.74, 6) is 0.556. The molecule has 0 atom stereocenters. The molecule has 1 aromatic heterocycles.